The lowest BCUT2D eigenvalue weighted by molar-refractivity contribution is -0.127. The Bertz CT molecular complexity index is 1010. The summed E-state index contributed by atoms with van der Waals surface area (Å²) in [5.41, 5.74) is 11.0. The van der Waals surface area contributed by atoms with Gasteiger partial charge in [0.05, 0.1) is 12.3 Å². The summed E-state index contributed by atoms with van der Waals surface area (Å²) >= 11 is 0. The second-order valence-corrected chi connectivity index (χ2v) is 7.18. The second kappa shape index (κ2) is 9.20. The molecule has 1 heterocycles. The summed E-state index contributed by atoms with van der Waals surface area (Å²) in [6.45, 7) is 12.8. The molecule has 0 spiro atoms. The number of carbonyl (C=O) groups excluding carboxylic acids is 1. The summed E-state index contributed by atoms with van der Waals surface area (Å²) in [7, 11) is 0. The number of amidine groups is 1. The lowest BCUT2D eigenvalue weighted by atomic mass is 10.0. The predicted molar refractivity (Wildman–Crippen MR) is 119 cm³/mol. The average Bonchev–Trinajstić information content (AvgIpc) is 2.90. The number of amides is 1. The SMILES string of the molecule is [C-]#[N+]c1cccc(-c2ccc3c(c2)N=C(N)CC(C(=O)N(CCC)CCC)=C3)c1. The first-order chi connectivity index (χ1) is 14.0. The van der Waals surface area contributed by atoms with Gasteiger partial charge in [-0.1, -0.05) is 44.2 Å². The van der Waals surface area contributed by atoms with Gasteiger partial charge < -0.3 is 10.6 Å². The monoisotopic (exact) mass is 386 g/mol. The Labute approximate surface area is 172 Å². The van der Waals surface area contributed by atoms with E-state index in [4.69, 9.17) is 12.3 Å². The fraction of sp³-hybridized carbons (Fsp3) is 0.292. The summed E-state index contributed by atoms with van der Waals surface area (Å²) in [6, 6.07) is 13.4. The van der Waals surface area contributed by atoms with Crippen LogP contribution in [0.3, 0.4) is 0 Å². The molecule has 1 aliphatic heterocycles. The zero-order chi connectivity index (χ0) is 20.8. The molecule has 0 radical (unpaired) electrons. The van der Waals surface area contributed by atoms with Crippen molar-refractivity contribution in [2.45, 2.75) is 33.1 Å². The highest BCUT2D eigenvalue weighted by molar-refractivity contribution is 6.05. The molecule has 0 saturated carbocycles. The van der Waals surface area contributed by atoms with Crippen molar-refractivity contribution in [1.82, 2.24) is 4.90 Å². The second-order valence-electron chi connectivity index (χ2n) is 7.18. The van der Waals surface area contributed by atoms with Gasteiger partial charge >= 0.3 is 0 Å². The normalized spacial score (nSPS) is 12.9. The molecule has 5 heteroatoms. The number of fused-ring (bicyclic) bond motifs is 1. The molecule has 2 aromatic carbocycles. The van der Waals surface area contributed by atoms with E-state index in [2.05, 4.69) is 23.7 Å². The van der Waals surface area contributed by atoms with Gasteiger partial charge in [0, 0.05) is 30.6 Å². The maximum atomic E-state index is 13.1. The highest BCUT2D eigenvalue weighted by Gasteiger charge is 2.21. The van der Waals surface area contributed by atoms with Crippen LogP contribution in [0.5, 0.6) is 0 Å². The molecule has 0 fully saturated rings. The first-order valence-electron chi connectivity index (χ1n) is 10.0. The molecule has 0 unspecified atom stereocenters. The minimum Gasteiger partial charge on any atom is -0.387 e. The van der Waals surface area contributed by atoms with Gasteiger partial charge in [0.15, 0.2) is 5.69 Å². The van der Waals surface area contributed by atoms with Gasteiger partial charge in [-0.05, 0) is 42.2 Å². The Morgan fingerprint density at radius 2 is 1.86 bits per heavy atom. The van der Waals surface area contributed by atoms with Crippen LogP contribution in [-0.2, 0) is 4.79 Å². The summed E-state index contributed by atoms with van der Waals surface area (Å²) in [4.78, 5) is 23.0. The number of carbonyl (C=O) groups is 1. The molecule has 5 nitrogen and oxygen atoms in total. The van der Waals surface area contributed by atoms with Crippen LogP contribution in [-0.4, -0.2) is 29.7 Å². The molecule has 0 aromatic heterocycles. The Morgan fingerprint density at radius 3 is 2.55 bits per heavy atom. The van der Waals surface area contributed by atoms with Crippen molar-refractivity contribution in [3.8, 4) is 11.1 Å². The largest absolute Gasteiger partial charge is 0.387 e. The van der Waals surface area contributed by atoms with Crippen molar-refractivity contribution in [1.29, 1.82) is 0 Å². The molecule has 148 valence electrons. The molecule has 0 atom stereocenters. The van der Waals surface area contributed by atoms with Crippen LogP contribution in [0, 0.1) is 6.57 Å². The first-order valence-corrected chi connectivity index (χ1v) is 10.0. The van der Waals surface area contributed by atoms with Crippen molar-refractivity contribution in [2.24, 2.45) is 10.7 Å². The molecule has 2 aromatic rings. The van der Waals surface area contributed by atoms with E-state index in [1.807, 2.05) is 47.4 Å². The van der Waals surface area contributed by atoms with E-state index < -0.39 is 0 Å². The van der Waals surface area contributed by atoms with E-state index in [1.165, 1.54) is 0 Å². The van der Waals surface area contributed by atoms with E-state index in [0.29, 0.717) is 23.5 Å². The van der Waals surface area contributed by atoms with Crippen LogP contribution in [0.15, 0.2) is 53.0 Å². The topological polar surface area (TPSA) is 63.0 Å². The molecule has 1 amide bonds. The number of rotatable bonds is 6. The van der Waals surface area contributed by atoms with Crippen LogP contribution < -0.4 is 5.73 Å². The standard InChI is InChI=1S/C24H26N4O/c1-4-11-28(12-5-2)24(29)20-13-19-10-9-18(15-22(19)27-23(25)16-20)17-7-6-8-21(14-17)26-3/h6-10,13-15H,4-5,11-12,16H2,1-2H3,(H2,25,27). The Kier molecular flexibility index (Phi) is 6.46. The quantitative estimate of drug-likeness (QED) is 0.682. The lowest BCUT2D eigenvalue weighted by Gasteiger charge is -2.22. The summed E-state index contributed by atoms with van der Waals surface area (Å²) in [5.74, 6) is 0.469. The maximum absolute atomic E-state index is 13.1. The van der Waals surface area contributed by atoms with E-state index >= 15 is 0 Å². The fourth-order valence-corrected chi connectivity index (χ4v) is 3.52. The van der Waals surface area contributed by atoms with Crippen molar-refractivity contribution in [3.05, 3.63) is 65.0 Å². The summed E-state index contributed by atoms with van der Waals surface area (Å²) in [6.07, 6.45) is 4.11. The van der Waals surface area contributed by atoms with E-state index in [9.17, 15) is 4.79 Å². The third kappa shape index (κ3) is 4.72. The number of nitrogens with zero attached hydrogens (tertiary/aromatic N) is 3. The zero-order valence-corrected chi connectivity index (χ0v) is 17.0. The lowest BCUT2D eigenvalue weighted by Crippen LogP contribution is -2.34. The molecule has 3 rings (SSSR count). The van der Waals surface area contributed by atoms with Crippen LogP contribution in [0.2, 0.25) is 0 Å². The van der Waals surface area contributed by atoms with E-state index in [-0.39, 0.29) is 5.91 Å². The van der Waals surface area contributed by atoms with Crippen LogP contribution in [0.25, 0.3) is 22.0 Å². The van der Waals surface area contributed by atoms with Crippen molar-refractivity contribution >= 4 is 29.2 Å². The number of nitrogens with two attached hydrogens (primary N) is 1. The summed E-state index contributed by atoms with van der Waals surface area (Å²) in [5, 5.41) is 0. The van der Waals surface area contributed by atoms with Crippen molar-refractivity contribution in [3.63, 3.8) is 0 Å². The van der Waals surface area contributed by atoms with Gasteiger partial charge in [0.1, 0.15) is 5.84 Å². The maximum Gasteiger partial charge on any atom is 0.250 e. The molecule has 0 aliphatic carbocycles. The van der Waals surface area contributed by atoms with Crippen LogP contribution in [0.4, 0.5) is 11.4 Å². The Morgan fingerprint density at radius 1 is 1.14 bits per heavy atom. The van der Waals surface area contributed by atoms with Gasteiger partial charge in [-0.25, -0.2) is 9.84 Å². The van der Waals surface area contributed by atoms with E-state index in [0.717, 1.165) is 48.3 Å². The molecule has 2 N–H and O–H groups in total. The van der Waals surface area contributed by atoms with Gasteiger partial charge in [0.25, 0.3) is 0 Å². The highest BCUT2D eigenvalue weighted by Crippen LogP contribution is 2.33. The van der Waals surface area contributed by atoms with Crippen LogP contribution >= 0.6 is 0 Å². The third-order valence-corrected chi connectivity index (χ3v) is 4.85. The first kappa shape index (κ1) is 20.3. The van der Waals surface area contributed by atoms with Crippen LogP contribution in [0.1, 0.15) is 38.7 Å². The van der Waals surface area contributed by atoms with Crippen molar-refractivity contribution < 1.29 is 4.79 Å². The highest BCUT2D eigenvalue weighted by atomic mass is 16.2. The van der Waals surface area contributed by atoms with Gasteiger partial charge in [-0.15, -0.1) is 0 Å². The third-order valence-electron chi connectivity index (χ3n) is 4.85. The Hall–Kier alpha value is -3.39. The molecule has 0 bridgehead atoms. The van der Waals surface area contributed by atoms with Gasteiger partial charge in [-0.2, -0.15) is 0 Å². The van der Waals surface area contributed by atoms with Gasteiger partial charge in [-0.3, -0.25) is 4.79 Å². The van der Waals surface area contributed by atoms with Crippen molar-refractivity contribution in [2.75, 3.05) is 13.1 Å². The minimum atomic E-state index is 0.0357. The molecule has 0 saturated heterocycles. The molecular formula is C24H26N4O. The Balaban J connectivity index is 1.98. The predicted octanol–water partition coefficient (Wildman–Crippen LogP) is 5.33. The van der Waals surface area contributed by atoms with Gasteiger partial charge in [0.2, 0.25) is 5.91 Å². The number of benzene rings is 2. The number of hydrogen-bond acceptors (Lipinski definition) is 3. The number of hydrogen-bond donors (Lipinski definition) is 1. The minimum absolute atomic E-state index is 0.0357. The average molecular weight is 386 g/mol. The summed E-state index contributed by atoms with van der Waals surface area (Å²) < 4.78 is 0. The van der Waals surface area contributed by atoms with E-state index in [1.54, 1.807) is 6.07 Å². The smallest absolute Gasteiger partial charge is 0.250 e. The molecule has 1 aliphatic rings. The fourth-order valence-electron chi connectivity index (χ4n) is 3.52. The number of aliphatic imine (C=N–C) groups is 1. The molecular weight excluding hydrogens is 360 g/mol. The zero-order valence-electron chi connectivity index (χ0n) is 17.0. The molecule has 29 heavy (non-hydrogen) atoms.